The lowest BCUT2D eigenvalue weighted by Crippen LogP contribution is -3.00. The van der Waals surface area contributed by atoms with Crippen molar-refractivity contribution in [3.63, 3.8) is 0 Å². The highest BCUT2D eigenvalue weighted by Gasteiger charge is 2.15. The summed E-state index contributed by atoms with van der Waals surface area (Å²) >= 11 is 1.63. The number of rotatable bonds is 19. The summed E-state index contributed by atoms with van der Waals surface area (Å²) in [5.41, 5.74) is 4.38. The van der Waals surface area contributed by atoms with Crippen molar-refractivity contribution in [1.29, 1.82) is 0 Å². The molecule has 214 valence electrons. The third kappa shape index (κ3) is 12.1. The Morgan fingerprint density at radius 1 is 0.872 bits per heavy atom. The van der Waals surface area contributed by atoms with Gasteiger partial charge in [0.2, 0.25) is 5.51 Å². The standard InChI is InChI=1S/C32H44N2O3S.BrH/c1-3-4-5-6-7-8-9-10-11-12-13-16-22-37-31-24-28(19-20-30(31)36-2)33-32(35)29-18-15-14-17-27(29)25-34-21-23-38-26-34;/h14-15,17-21,23-24,26H,3-13,16,22,25H2,1-2H3;1H. The Labute approximate surface area is 249 Å². The fraction of sp³-hybridized carbons (Fsp3) is 0.500. The van der Waals surface area contributed by atoms with E-state index in [1.807, 2.05) is 59.6 Å². The molecule has 3 rings (SSSR count). The number of hydrogen-bond acceptors (Lipinski definition) is 4. The summed E-state index contributed by atoms with van der Waals surface area (Å²) in [4.78, 5) is 13.1. The summed E-state index contributed by atoms with van der Waals surface area (Å²) in [6.07, 6.45) is 17.8. The number of hydrogen-bond donors (Lipinski definition) is 1. The Balaban J connectivity index is 0.00000533. The number of amides is 1. The third-order valence-electron chi connectivity index (χ3n) is 6.82. The Morgan fingerprint density at radius 2 is 1.54 bits per heavy atom. The van der Waals surface area contributed by atoms with E-state index in [9.17, 15) is 4.79 Å². The Kier molecular flexibility index (Phi) is 16.5. The number of methoxy groups -OCH3 is 1. The summed E-state index contributed by atoms with van der Waals surface area (Å²) in [6.45, 7) is 3.57. The van der Waals surface area contributed by atoms with Crippen LogP contribution in [0.25, 0.3) is 0 Å². The largest absolute Gasteiger partial charge is 1.00 e. The minimum absolute atomic E-state index is 0. The normalized spacial score (nSPS) is 10.6. The maximum absolute atomic E-state index is 13.1. The van der Waals surface area contributed by atoms with Crippen LogP contribution in [-0.2, 0) is 6.54 Å². The van der Waals surface area contributed by atoms with Gasteiger partial charge in [-0.2, -0.15) is 4.57 Å². The zero-order valence-corrected chi connectivity index (χ0v) is 26.0. The van der Waals surface area contributed by atoms with Crippen LogP contribution in [0.15, 0.2) is 59.6 Å². The van der Waals surface area contributed by atoms with Gasteiger partial charge in [-0.3, -0.25) is 4.79 Å². The second-order valence-electron chi connectivity index (χ2n) is 9.91. The first kappa shape index (κ1) is 32.8. The van der Waals surface area contributed by atoms with Gasteiger partial charge in [-0.25, -0.2) is 0 Å². The minimum atomic E-state index is -0.131. The summed E-state index contributed by atoms with van der Waals surface area (Å²) in [5.74, 6) is 1.21. The Bertz CT molecular complexity index is 1080. The molecule has 0 fully saturated rings. The highest BCUT2D eigenvalue weighted by molar-refractivity contribution is 7.07. The fourth-order valence-corrected chi connectivity index (χ4v) is 5.22. The number of anilines is 1. The van der Waals surface area contributed by atoms with Crippen LogP contribution in [-0.4, -0.2) is 19.6 Å². The number of nitrogens with zero attached hydrogens (tertiary/aromatic N) is 1. The molecule has 0 saturated carbocycles. The molecule has 1 heterocycles. The van der Waals surface area contributed by atoms with Crippen LogP contribution >= 0.6 is 11.3 Å². The second kappa shape index (κ2) is 19.6. The molecule has 0 aliphatic heterocycles. The monoisotopic (exact) mass is 616 g/mol. The first-order valence-electron chi connectivity index (χ1n) is 14.3. The predicted molar refractivity (Wildman–Crippen MR) is 158 cm³/mol. The van der Waals surface area contributed by atoms with Crippen molar-refractivity contribution < 1.29 is 35.8 Å². The highest BCUT2D eigenvalue weighted by atomic mass is 79.9. The van der Waals surface area contributed by atoms with E-state index in [0.29, 0.717) is 35.9 Å². The van der Waals surface area contributed by atoms with E-state index in [0.717, 1.165) is 12.0 Å². The highest BCUT2D eigenvalue weighted by Crippen LogP contribution is 2.31. The lowest BCUT2D eigenvalue weighted by Gasteiger charge is -2.14. The zero-order chi connectivity index (χ0) is 26.8. The lowest BCUT2D eigenvalue weighted by molar-refractivity contribution is -0.683. The molecule has 3 aromatic rings. The topological polar surface area (TPSA) is 51.4 Å². The molecule has 1 N–H and O–H groups in total. The van der Waals surface area contributed by atoms with E-state index in [2.05, 4.69) is 16.8 Å². The van der Waals surface area contributed by atoms with Crippen molar-refractivity contribution in [1.82, 2.24) is 0 Å². The summed E-state index contributed by atoms with van der Waals surface area (Å²) in [6, 6.07) is 13.3. The van der Waals surface area contributed by atoms with Gasteiger partial charge < -0.3 is 31.8 Å². The second-order valence-corrected chi connectivity index (χ2v) is 10.7. The molecular weight excluding hydrogens is 572 g/mol. The van der Waals surface area contributed by atoms with Crippen molar-refractivity contribution in [2.75, 3.05) is 19.0 Å². The summed E-state index contributed by atoms with van der Waals surface area (Å²) in [7, 11) is 1.64. The summed E-state index contributed by atoms with van der Waals surface area (Å²) in [5, 5.41) is 5.06. The molecule has 0 unspecified atom stereocenters. The molecule has 0 aliphatic carbocycles. The van der Waals surface area contributed by atoms with Crippen LogP contribution in [0.4, 0.5) is 5.69 Å². The van der Waals surface area contributed by atoms with Crippen LogP contribution < -0.4 is 36.3 Å². The maximum Gasteiger partial charge on any atom is 0.256 e. The Morgan fingerprint density at radius 3 is 2.18 bits per heavy atom. The van der Waals surface area contributed by atoms with Gasteiger partial charge in [0.05, 0.1) is 19.1 Å². The van der Waals surface area contributed by atoms with E-state index < -0.39 is 0 Å². The predicted octanol–water partition coefficient (Wildman–Crippen LogP) is 5.43. The smallest absolute Gasteiger partial charge is 0.256 e. The molecule has 0 bridgehead atoms. The number of carbonyl (C=O) groups is 1. The Hall–Kier alpha value is -2.38. The molecule has 1 aromatic heterocycles. The van der Waals surface area contributed by atoms with Crippen molar-refractivity contribution in [3.05, 3.63) is 70.7 Å². The number of halogens is 1. The van der Waals surface area contributed by atoms with E-state index in [-0.39, 0.29) is 22.9 Å². The SMILES string of the molecule is CCCCCCCCCCCCCCOc1cc(NC(=O)c2ccccc2C[n+]2ccsc2)ccc1OC.[Br-]. The van der Waals surface area contributed by atoms with Gasteiger partial charge in [0, 0.05) is 22.9 Å². The molecule has 39 heavy (non-hydrogen) atoms. The van der Waals surface area contributed by atoms with Gasteiger partial charge in [-0.1, -0.05) is 107 Å². The molecule has 0 aliphatic rings. The van der Waals surface area contributed by atoms with E-state index in [1.165, 1.54) is 70.6 Å². The van der Waals surface area contributed by atoms with Crippen molar-refractivity contribution in [2.24, 2.45) is 0 Å². The fourth-order valence-electron chi connectivity index (χ4n) is 4.62. The van der Waals surface area contributed by atoms with Crippen LogP contribution in [0.2, 0.25) is 0 Å². The van der Waals surface area contributed by atoms with E-state index in [4.69, 9.17) is 9.47 Å². The van der Waals surface area contributed by atoms with Crippen LogP contribution in [0.1, 0.15) is 99.9 Å². The molecule has 0 saturated heterocycles. The summed E-state index contributed by atoms with van der Waals surface area (Å²) < 4.78 is 13.6. The molecule has 2 aromatic carbocycles. The van der Waals surface area contributed by atoms with E-state index in [1.54, 1.807) is 18.4 Å². The van der Waals surface area contributed by atoms with Crippen molar-refractivity contribution in [3.8, 4) is 11.5 Å². The molecular formula is C32H45BrN2O3S. The molecule has 5 nitrogen and oxygen atoms in total. The van der Waals surface area contributed by atoms with Crippen LogP contribution in [0.5, 0.6) is 11.5 Å². The van der Waals surface area contributed by atoms with Crippen molar-refractivity contribution >= 4 is 22.9 Å². The lowest BCUT2D eigenvalue weighted by atomic mass is 10.1. The zero-order valence-electron chi connectivity index (χ0n) is 23.6. The number of aromatic nitrogens is 1. The molecule has 0 atom stereocenters. The molecule has 7 heteroatoms. The number of nitrogens with one attached hydrogen (secondary N) is 1. The maximum atomic E-state index is 13.1. The van der Waals surface area contributed by atoms with Crippen molar-refractivity contribution in [2.45, 2.75) is 90.5 Å². The first-order valence-corrected chi connectivity index (χ1v) is 15.3. The van der Waals surface area contributed by atoms with Gasteiger partial charge in [0.15, 0.2) is 24.2 Å². The number of benzene rings is 2. The average molecular weight is 618 g/mol. The molecule has 1 amide bonds. The number of unbranched alkanes of at least 4 members (excludes halogenated alkanes) is 11. The van der Waals surface area contributed by atoms with Gasteiger partial charge in [0.25, 0.3) is 5.91 Å². The first-order chi connectivity index (χ1) is 18.7. The van der Waals surface area contributed by atoms with Gasteiger partial charge >= 0.3 is 0 Å². The van der Waals surface area contributed by atoms with Gasteiger partial charge in [-0.15, -0.1) is 0 Å². The van der Waals surface area contributed by atoms with Crippen LogP contribution in [0.3, 0.4) is 0 Å². The van der Waals surface area contributed by atoms with Gasteiger partial charge in [-0.05, 0) is 24.6 Å². The van der Waals surface area contributed by atoms with E-state index >= 15 is 0 Å². The average Bonchev–Trinajstić information content (AvgIpc) is 3.45. The number of carbonyl (C=O) groups excluding carboxylic acids is 1. The minimum Gasteiger partial charge on any atom is -1.00 e. The quantitative estimate of drug-likeness (QED) is 0.144. The van der Waals surface area contributed by atoms with Gasteiger partial charge in [0.1, 0.15) is 0 Å². The number of ether oxygens (including phenoxy) is 2. The molecule has 0 spiro atoms. The number of thiazole rings is 1. The molecule has 0 radical (unpaired) electrons. The third-order valence-corrected chi connectivity index (χ3v) is 7.49. The van der Waals surface area contributed by atoms with Crippen LogP contribution in [0, 0.1) is 0 Å².